The molecule has 2 rings (SSSR count). The van der Waals surface area contributed by atoms with Crippen molar-refractivity contribution in [3.05, 3.63) is 27.9 Å². The van der Waals surface area contributed by atoms with Crippen molar-refractivity contribution in [3.8, 4) is 0 Å². The highest BCUT2D eigenvalue weighted by molar-refractivity contribution is 5.51. The van der Waals surface area contributed by atoms with Crippen molar-refractivity contribution in [2.24, 2.45) is 0 Å². The quantitative estimate of drug-likeness (QED) is 0.646. The Balaban J connectivity index is 2.29. The molecule has 104 valence electrons. The van der Waals surface area contributed by atoms with Crippen molar-refractivity contribution in [1.82, 2.24) is 4.98 Å². The Morgan fingerprint density at radius 2 is 2.42 bits per heavy atom. The largest absolute Gasteiger partial charge is 0.394 e. The smallest absolute Gasteiger partial charge is 0.277 e. The van der Waals surface area contributed by atoms with Crippen LogP contribution in [-0.2, 0) is 4.74 Å². The van der Waals surface area contributed by atoms with Crippen molar-refractivity contribution in [1.29, 1.82) is 0 Å². The normalized spacial score (nSPS) is 23.4. The summed E-state index contributed by atoms with van der Waals surface area (Å²) in [6.45, 7) is 4.49. The minimum Gasteiger partial charge on any atom is -0.394 e. The van der Waals surface area contributed by atoms with E-state index in [9.17, 15) is 10.1 Å². The summed E-state index contributed by atoms with van der Waals surface area (Å²) in [5.74, 6) is 0.548. The summed E-state index contributed by atoms with van der Waals surface area (Å²) >= 11 is 0. The van der Waals surface area contributed by atoms with E-state index < -0.39 is 4.92 Å². The molecular weight excluding hydrogens is 250 g/mol. The number of morpholine rings is 1. The Morgan fingerprint density at radius 1 is 1.68 bits per heavy atom. The van der Waals surface area contributed by atoms with Crippen LogP contribution < -0.4 is 4.90 Å². The van der Waals surface area contributed by atoms with Crippen molar-refractivity contribution in [3.63, 3.8) is 0 Å². The molecular formula is C12H17N3O4. The Morgan fingerprint density at radius 3 is 3.05 bits per heavy atom. The fourth-order valence-corrected chi connectivity index (χ4v) is 2.10. The maximum atomic E-state index is 11.0. The van der Waals surface area contributed by atoms with Gasteiger partial charge < -0.3 is 14.7 Å². The molecule has 1 fully saturated rings. The number of anilines is 1. The second kappa shape index (κ2) is 5.50. The fraction of sp³-hybridized carbons (Fsp3) is 0.583. The first-order valence-corrected chi connectivity index (χ1v) is 6.13. The highest BCUT2D eigenvalue weighted by Gasteiger charge is 2.28. The average molecular weight is 267 g/mol. The van der Waals surface area contributed by atoms with E-state index in [-0.39, 0.29) is 24.4 Å². The van der Waals surface area contributed by atoms with E-state index in [1.165, 1.54) is 12.3 Å². The Kier molecular flexibility index (Phi) is 3.96. The van der Waals surface area contributed by atoms with E-state index in [4.69, 9.17) is 9.84 Å². The molecule has 2 heterocycles. The van der Waals surface area contributed by atoms with Crippen LogP contribution in [0.1, 0.15) is 12.5 Å². The van der Waals surface area contributed by atoms with Gasteiger partial charge in [0.15, 0.2) is 0 Å². The zero-order valence-corrected chi connectivity index (χ0v) is 10.9. The maximum Gasteiger partial charge on any atom is 0.277 e. The van der Waals surface area contributed by atoms with Gasteiger partial charge in [-0.3, -0.25) is 10.1 Å². The van der Waals surface area contributed by atoms with Crippen LogP contribution >= 0.6 is 0 Å². The van der Waals surface area contributed by atoms with Crippen LogP contribution in [0.25, 0.3) is 0 Å². The Labute approximate surface area is 111 Å². The topological polar surface area (TPSA) is 88.7 Å². The molecule has 1 saturated heterocycles. The number of aromatic nitrogens is 1. The number of nitro groups is 1. The van der Waals surface area contributed by atoms with E-state index in [1.54, 1.807) is 6.92 Å². The number of ether oxygens (including phenoxy) is 1. The van der Waals surface area contributed by atoms with Crippen LogP contribution in [0.15, 0.2) is 12.3 Å². The molecule has 2 unspecified atom stereocenters. The average Bonchev–Trinajstić information content (AvgIpc) is 2.40. The molecule has 7 nitrogen and oxygen atoms in total. The van der Waals surface area contributed by atoms with E-state index >= 15 is 0 Å². The number of hydrogen-bond acceptors (Lipinski definition) is 6. The van der Waals surface area contributed by atoms with Crippen LogP contribution in [-0.4, -0.2) is 46.9 Å². The molecule has 0 aromatic carbocycles. The third kappa shape index (κ3) is 2.82. The van der Waals surface area contributed by atoms with E-state index in [0.29, 0.717) is 24.5 Å². The molecule has 0 aliphatic carbocycles. The zero-order valence-electron chi connectivity index (χ0n) is 10.9. The van der Waals surface area contributed by atoms with Gasteiger partial charge in [-0.1, -0.05) is 0 Å². The third-order valence-corrected chi connectivity index (χ3v) is 3.26. The van der Waals surface area contributed by atoms with Crippen LogP contribution in [0.4, 0.5) is 11.5 Å². The van der Waals surface area contributed by atoms with Gasteiger partial charge in [0.05, 0.1) is 36.3 Å². The summed E-state index contributed by atoms with van der Waals surface area (Å²) in [5, 5.41) is 20.1. The number of aliphatic hydroxyl groups is 1. The third-order valence-electron chi connectivity index (χ3n) is 3.26. The summed E-state index contributed by atoms with van der Waals surface area (Å²) in [4.78, 5) is 16.7. The Bertz CT molecular complexity index is 480. The molecule has 2 atom stereocenters. The number of pyridine rings is 1. The second-order valence-corrected chi connectivity index (χ2v) is 4.73. The molecule has 1 N–H and O–H groups in total. The summed E-state index contributed by atoms with van der Waals surface area (Å²) in [5.41, 5.74) is 0.595. The van der Waals surface area contributed by atoms with Gasteiger partial charge in [0.2, 0.25) is 0 Å². The van der Waals surface area contributed by atoms with Crippen molar-refractivity contribution in [2.75, 3.05) is 24.7 Å². The lowest BCUT2D eigenvalue weighted by atomic mass is 10.2. The van der Waals surface area contributed by atoms with Crippen LogP contribution in [0.3, 0.4) is 0 Å². The van der Waals surface area contributed by atoms with Crippen LogP contribution in [0, 0.1) is 17.0 Å². The fourth-order valence-electron chi connectivity index (χ4n) is 2.10. The molecule has 0 amide bonds. The van der Waals surface area contributed by atoms with Crippen LogP contribution in [0.5, 0.6) is 0 Å². The van der Waals surface area contributed by atoms with Gasteiger partial charge in [0, 0.05) is 18.3 Å². The van der Waals surface area contributed by atoms with Crippen LogP contribution in [0.2, 0.25) is 0 Å². The number of aliphatic hydroxyl groups excluding tert-OH is 1. The van der Waals surface area contributed by atoms with Gasteiger partial charge in [0.25, 0.3) is 5.69 Å². The highest BCUT2D eigenvalue weighted by atomic mass is 16.6. The summed E-state index contributed by atoms with van der Waals surface area (Å²) < 4.78 is 5.44. The summed E-state index contributed by atoms with van der Waals surface area (Å²) in [6.07, 6.45) is 1.22. The number of hydrogen-bond donors (Lipinski definition) is 1. The van der Waals surface area contributed by atoms with Gasteiger partial charge in [-0.2, -0.15) is 0 Å². The van der Waals surface area contributed by atoms with Gasteiger partial charge in [0.1, 0.15) is 5.82 Å². The minimum absolute atomic E-state index is 0.0595. The first-order chi connectivity index (χ1) is 9.02. The van der Waals surface area contributed by atoms with Crippen molar-refractivity contribution in [2.45, 2.75) is 26.0 Å². The minimum atomic E-state index is -0.408. The second-order valence-electron chi connectivity index (χ2n) is 4.73. The standard InChI is InChI=1S/C12H17N3O4/c1-8-4-13-12(3-11(8)15(17)18)14-5-10(6-16)19-7-9(14)2/h3-4,9-10,16H,5-7H2,1-2H3. The lowest BCUT2D eigenvalue weighted by molar-refractivity contribution is -0.385. The molecule has 0 radical (unpaired) electrons. The highest BCUT2D eigenvalue weighted by Crippen LogP contribution is 2.25. The first-order valence-electron chi connectivity index (χ1n) is 6.13. The predicted octanol–water partition coefficient (Wildman–Crippen LogP) is 0.884. The molecule has 0 bridgehead atoms. The molecule has 19 heavy (non-hydrogen) atoms. The monoisotopic (exact) mass is 267 g/mol. The molecule has 7 heteroatoms. The van der Waals surface area contributed by atoms with Gasteiger partial charge in [-0.05, 0) is 13.8 Å². The number of aryl methyl sites for hydroxylation is 1. The molecule has 0 saturated carbocycles. The van der Waals surface area contributed by atoms with Crippen molar-refractivity contribution < 1.29 is 14.8 Å². The molecule has 1 aliphatic rings. The first kappa shape index (κ1) is 13.7. The van der Waals surface area contributed by atoms with Gasteiger partial charge in [-0.25, -0.2) is 4.98 Å². The molecule has 1 aromatic heterocycles. The van der Waals surface area contributed by atoms with E-state index in [1.807, 2.05) is 11.8 Å². The number of nitrogens with zero attached hydrogens (tertiary/aromatic N) is 3. The van der Waals surface area contributed by atoms with E-state index in [2.05, 4.69) is 4.98 Å². The lowest BCUT2D eigenvalue weighted by Gasteiger charge is -2.38. The molecule has 0 spiro atoms. The summed E-state index contributed by atoms with van der Waals surface area (Å²) in [7, 11) is 0. The molecule has 1 aromatic rings. The summed E-state index contributed by atoms with van der Waals surface area (Å²) in [6, 6.07) is 1.54. The number of rotatable bonds is 3. The van der Waals surface area contributed by atoms with Gasteiger partial charge >= 0.3 is 0 Å². The lowest BCUT2D eigenvalue weighted by Crippen LogP contribution is -2.50. The van der Waals surface area contributed by atoms with E-state index in [0.717, 1.165) is 0 Å². The van der Waals surface area contributed by atoms with Gasteiger partial charge in [-0.15, -0.1) is 0 Å². The SMILES string of the molecule is Cc1cnc(N2CC(CO)OCC2C)cc1[N+](=O)[O-]. The molecule has 1 aliphatic heterocycles. The maximum absolute atomic E-state index is 11.0. The van der Waals surface area contributed by atoms with Crippen molar-refractivity contribution >= 4 is 11.5 Å². The predicted molar refractivity (Wildman–Crippen MR) is 69.3 cm³/mol. The Hall–Kier alpha value is -1.73. The zero-order chi connectivity index (χ0) is 14.0.